The highest BCUT2D eigenvalue weighted by molar-refractivity contribution is 9.10. The van der Waals surface area contributed by atoms with Gasteiger partial charge < -0.3 is 14.2 Å². The van der Waals surface area contributed by atoms with Crippen LogP contribution in [0.2, 0.25) is 0 Å². The second-order valence-corrected chi connectivity index (χ2v) is 8.58. The number of rotatable bonds is 5. The molecular formula is C22H24BrN3O4. The van der Waals surface area contributed by atoms with Crippen molar-refractivity contribution in [2.75, 3.05) is 21.3 Å². The summed E-state index contributed by atoms with van der Waals surface area (Å²) >= 11 is 3.42. The molecule has 1 heterocycles. The molecule has 8 heteroatoms. The van der Waals surface area contributed by atoms with E-state index in [-0.39, 0.29) is 5.56 Å². The van der Waals surface area contributed by atoms with Gasteiger partial charge in [-0.3, -0.25) is 4.79 Å². The van der Waals surface area contributed by atoms with Crippen LogP contribution >= 0.6 is 15.9 Å². The maximum Gasteiger partial charge on any atom is 0.282 e. The fourth-order valence-corrected chi connectivity index (χ4v) is 3.40. The minimum atomic E-state index is -0.396. The van der Waals surface area contributed by atoms with E-state index in [1.165, 1.54) is 4.68 Å². The average Bonchev–Trinajstić information content (AvgIpc) is 2.71. The first-order valence-corrected chi connectivity index (χ1v) is 10.1. The largest absolute Gasteiger partial charge is 0.493 e. The number of benzene rings is 2. The Morgan fingerprint density at radius 1 is 1.03 bits per heavy atom. The Hall–Kier alpha value is -2.87. The Bertz CT molecular complexity index is 1150. The molecule has 0 N–H and O–H groups in total. The summed E-state index contributed by atoms with van der Waals surface area (Å²) in [7, 11) is 4.64. The fraction of sp³-hybridized carbons (Fsp3) is 0.318. The number of aromatic nitrogens is 2. The molecule has 0 amide bonds. The second-order valence-electron chi connectivity index (χ2n) is 7.67. The van der Waals surface area contributed by atoms with E-state index in [0.29, 0.717) is 39.5 Å². The molecule has 0 aliphatic carbocycles. The predicted molar refractivity (Wildman–Crippen MR) is 121 cm³/mol. The van der Waals surface area contributed by atoms with Crippen LogP contribution in [0.15, 0.2) is 44.7 Å². The smallest absolute Gasteiger partial charge is 0.282 e. The van der Waals surface area contributed by atoms with Gasteiger partial charge in [0.1, 0.15) is 5.82 Å². The first kappa shape index (κ1) is 21.8. The van der Waals surface area contributed by atoms with Crippen molar-refractivity contribution >= 4 is 33.0 Å². The van der Waals surface area contributed by atoms with Crippen LogP contribution in [-0.4, -0.2) is 37.2 Å². The van der Waals surface area contributed by atoms with Crippen LogP contribution in [0, 0.1) is 0 Å². The molecule has 0 saturated carbocycles. The molecule has 3 rings (SSSR count). The summed E-state index contributed by atoms with van der Waals surface area (Å²) in [6.45, 7) is 5.97. The minimum absolute atomic E-state index is 0.241. The van der Waals surface area contributed by atoms with Crippen LogP contribution in [0.5, 0.6) is 17.2 Å². The zero-order chi connectivity index (χ0) is 22.1. The molecule has 30 heavy (non-hydrogen) atoms. The molecule has 0 aliphatic rings. The van der Waals surface area contributed by atoms with Crippen molar-refractivity contribution in [3.8, 4) is 17.2 Å². The van der Waals surface area contributed by atoms with Crippen molar-refractivity contribution in [3.63, 3.8) is 0 Å². The maximum atomic E-state index is 13.2. The van der Waals surface area contributed by atoms with E-state index in [0.717, 1.165) is 4.47 Å². The molecule has 0 fully saturated rings. The Morgan fingerprint density at radius 3 is 2.20 bits per heavy atom. The monoisotopic (exact) mass is 473 g/mol. The summed E-state index contributed by atoms with van der Waals surface area (Å²) in [4.78, 5) is 17.9. The van der Waals surface area contributed by atoms with Crippen LogP contribution in [0.3, 0.4) is 0 Å². The van der Waals surface area contributed by atoms with Crippen molar-refractivity contribution in [1.29, 1.82) is 0 Å². The molecule has 0 spiro atoms. The van der Waals surface area contributed by atoms with E-state index in [9.17, 15) is 4.79 Å². The summed E-state index contributed by atoms with van der Waals surface area (Å²) in [6.07, 6.45) is 1.58. The van der Waals surface area contributed by atoms with E-state index in [1.54, 1.807) is 45.7 Å². The molecular weight excluding hydrogens is 450 g/mol. The summed E-state index contributed by atoms with van der Waals surface area (Å²) in [5.41, 5.74) is 0.681. The SMILES string of the molecule is COc1cc(C=Nn2c(C(C)(C)C)nc3ccc(Br)cc3c2=O)cc(OC)c1OC. The highest BCUT2D eigenvalue weighted by Crippen LogP contribution is 2.37. The van der Waals surface area contributed by atoms with Gasteiger partial charge in [0.05, 0.1) is 38.4 Å². The number of ether oxygens (including phenoxy) is 3. The average molecular weight is 474 g/mol. The molecule has 158 valence electrons. The lowest BCUT2D eigenvalue weighted by molar-refractivity contribution is 0.324. The molecule has 0 aliphatic heterocycles. The molecule has 7 nitrogen and oxygen atoms in total. The maximum absolute atomic E-state index is 13.2. The summed E-state index contributed by atoms with van der Waals surface area (Å²) in [6, 6.07) is 8.96. The molecule has 0 radical (unpaired) electrons. The van der Waals surface area contributed by atoms with Gasteiger partial charge in [-0.2, -0.15) is 9.78 Å². The standard InChI is InChI=1S/C22H24BrN3O4/c1-22(2,3)21-25-16-8-7-14(23)11-15(16)20(27)26(21)24-12-13-9-17(28-4)19(30-6)18(10-13)29-5/h7-12H,1-6H3. The molecule has 3 aromatic rings. The highest BCUT2D eigenvalue weighted by Gasteiger charge is 2.23. The van der Waals surface area contributed by atoms with Gasteiger partial charge in [0.25, 0.3) is 5.56 Å². The zero-order valence-corrected chi connectivity index (χ0v) is 19.4. The normalized spacial score (nSPS) is 11.8. The van der Waals surface area contributed by atoms with E-state index in [4.69, 9.17) is 19.2 Å². The lowest BCUT2D eigenvalue weighted by atomic mass is 9.95. The van der Waals surface area contributed by atoms with E-state index in [2.05, 4.69) is 21.0 Å². The van der Waals surface area contributed by atoms with Gasteiger partial charge in [0.2, 0.25) is 5.75 Å². The second kappa shape index (κ2) is 8.47. The van der Waals surface area contributed by atoms with E-state index in [1.807, 2.05) is 32.9 Å². The molecule has 0 unspecified atom stereocenters. The third-order valence-electron chi connectivity index (χ3n) is 4.49. The predicted octanol–water partition coefficient (Wildman–Crippen LogP) is 4.36. The Morgan fingerprint density at radius 2 is 1.67 bits per heavy atom. The summed E-state index contributed by atoms with van der Waals surface area (Å²) in [5.74, 6) is 2.05. The van der Waals surface area contributed by atoms with E-state index < -0.39 is 5.41 Å². The molecule has 2 aromatic carbocycles. The number of nitrogens with zero attached hydrogens (tertiary/aromatic N) is 3. The van der Waals surface area contributed by atoms with Gasteiger partial charge in [-0.1, -0.05) is 36.7 Å². The lowest BCUT2D eigenvalue weighted by Crippen LogP contribution is -2.29. The minimum Gasteiger partial charge on any atom is -0.493 e. The van der Waals surface area contributed by atoms with Crippen LogP contribution in [-0.2, 0) is 5.41 Å². The number of hydrogen-bond donors (Lipinski definition) is 0. The van der Waals surface area contributed by atoms with Crippen molar-refractivity contribution in [3.05, 3.63) is 56.5 Å². The molecule has 0 bridgehead atoms. The Labute approximate surface area is 183 Å². The van der Waals surface area contributed by atoms with Gasteiger partial charge in [0.15, 0.2) is 11.5 Å². The first-order valence-electron chi connectivity index (χ1n) is 9.26. The number of fused-ring (bicyclic) bond motifs is 1. The fourth-order valence-electron chi connectivity index (χ4n) is 3.04. The van der Waals surface area contributed by atoms with Crippen molar-refractivity contribution in [1.82, 2.24) is 9.66 Å². The highest BCUT2D eigenvalue weighted by atomic mass is 79.9. The summed E-state index contributed by atoms with van der Waals surface area (Å²) in [5, 5.41) is 4.96. The zero-order valence-electron chi connectivity index (χ0n) is 17.8. The molecule has 0 saturated heterocycles. The van der Waals surface area contributed by atoms with Crippen molar-refractivity contribution < 1.29 is 14.2 Å². The van der Waals surface area contributed by atoms with Gasteiger partial charge >= 0.3 is 0 Å². The van der Waals surface area contributed by atoms with Crippen molar-refractivity contribution in [2.24, 2.45) is 5.10 Å². The van der Waals surface area contributed by atoms with Gasteiger partial charge in [-0.05, 0) is 30.3 Å². The van der Waals surface area contributed by atoms with Crippen LogP contribution in [0.4, 0.5) is 0 Å². The van der Waals surface area contributed by atoms with Crippen molar-refractivity contribution in [2.45, 2.75) is 26.2 Å². The van der Waals surface area contributed by atoms with Gasteiger partial charge in [0, 0.05) is 15.5 Å². The number of methoxy groups -OCH3 is 3. The number of halogens is 1. The molecule has 0 atom stereocenters. The van der Waals surface area contributed by atoms with E-state index >= 15 is 0 Å². The van der Waals surface area contributed by atoms with Crippen LogP contribution in [0.25, 0.3) is 10.9 Å². The van der Waals surface area contributed by atoms with Crippen LogP contribution in [0.1, 0.15) is 32.2 Å². The third kappa shape index (κ3) is 4.18. The lowest BCUT2D eigenvalue weighted by Gasteiger charge is -2.21. The van der Waals surface area contributed by atoms with Crippen LogP contribution < -0.4 is 19.8 Å². The topological polar surface area (TPSA) is 74.9 Å². The third-order valence-corrected chi connectivity index (χ3v) is 4.98. The molecule has 1 aromatic heterocycles. The Kier molecular flexibility index (Phi) is 6.17. The van der Waals surface area contributed by atoms with Gasteiger partial charge in [-0.15, -0.1) is 0 Å². The van der Waals surface area contributed by atoms with Gasteiger partial charge in [-0.25, -0.2) is 4.98 Å². The summed E-state index contributed by atoms with van der Waals surface area (Å²) < 4.78 is 18.3. The number of hydrogen-bond acceptors (Lipinski definition) is 6. The quantitative estimate of drug-likeness (QED) is 0.514. The first-order chi connectivity index (χ1) is 14.2. The Balaban J connectivity index is 2.21.